The molecule has 2 fully saturated rings. The number of carbonyl (C=O) groups is 1. The Morgan fingerprint density at radius 3 is 2.54 bits per heavy atom. The molecule has 0 bridgehead atoms. The molecule has 132 valence electrons. The zero-order valence-electron chi connectivity index (χ0n) is 13.6. The van der Waals surface area contributed by atoms with Crippen molar-refractivity contribution in [3.05, 3.63) is 29.8 Å². The Bertz CT molecular complexity index is 608. The summed E-state index contributed by atoms with van der Waals surface area (Å²) in [6, 6.07) is 2.71. The highest BCUT2D eigenvalue weighted by Crippen LogP contribution is 2.20. The molecule has 0 radical (unpaired) electrons. The van der Waals surface area contributed by atoms with E-state index in [4.69, 9.17) is 0 Å². The molecule has 2 aliphatic rings. The van der Waals surface area contributed by atoms with Crippen LogP contribution in [0.25, 0.3) is 0 Å². The highest BCUT2D eigenvalue weighted by Gasteiger charge is 2.38. The van der Waals surface area contributed by atoms with Gasteiger partial charge in [0.25, 0.3) is 0 Å². The Morgan fingerprint density at radius 1 is 1.17 bits per heavy atom. The minimum atomic E-state index is -1.01. The van der Waals surface area contributed by atoms with Gasteiger partial charge in [0, 0.05) is 44.5 Å². The van der Waals surface area contributed by atoms with E-state index >= 15 is 0 Å². The van der Waals surface area contributed by atoms with E-state index in [1.165, 1.54) is 11.0 Å². The van der Waals surface area contributed by atoms with Crippen molar-refractivity contribution in [3.8, 4) is 0 Å². The first-order chi connectivity index (χ1) is 11.4. The second-order valence-corrected chi connectivity index (χ2v) is 6.44. The smallest absolute Gasteiger partial charge is 0.321 e. The Morgan fingerprint density at radius 2 is 1.88 bits per heavy atom. The fourth-order valence-corrected chi connectivity index (χ4v) is 3.22. The maximum Gasteiger partial charge on any atom is 0.321 e. The van der Waals surface area contributed by atoms with Crippen LogP contribution in [0.2, 0.25) is 0 Å². The van der Waals surface area contributed by atoms with Gasteiger partial charge >= 0.3 is 6.03 Å². The van der Waals surface area contributed by atoms with Crippen LogP contribution in [0.1, 0.15) is 0 Å². The van der Waals surface area contributed by atoms with E-state index in [1.807, 2.05) is 0 Å². The van der Waals surface area contributed by atoms with E-state index < -0.39 is 23.8 Å². The molecule has 3 rings (SSSR count). The molecule has 0 aromatic heterocycles. The quantitative estimate of drug-likeness (QED) is 0.836. The summed E-state index contributed by atoms with van der Waals surface area (Å²) in [5.41, 5.74) is 0.191. The summed E-state index contributed by atoms with van der Waals surface area (Å²) in [6.07, 6.45) is -0.607. The summed E-state index contributed by atoms with van der Waals surface area (Å²) in [5.74, 6) is -1.97. The van der Waals surface area contributed by atoms with Crippen molar-refractivity contribution in [1.29, 1.82) is 0 Å². The second-order valence-electron chi connectivity index (χ2n) is 6.44. The van der Waals surface area contributed by atoms with Gasteiger partial charge in [-0.2, -0.15) is 0 Å². The number of aliphatic hydroxyl groups excluding tert-OH is 1. The van der Waals surface area contributed by atoms with Gasteiger partial charge < -0.3 is 20.2 Å². The summed E-state index contributed by atoms with van der Waals surface area (Å²) in [7, 11) is 2.06. The number of rotatable bonds is 2. The second kappa shape index (κ2) is 7.00. The van der Waals surface area contributed by atoms with Gasteiger partial charge in [-0.05, 0) is 19.2 Å². The van der Waals surface area contributed by atoms with Gasteiger partial charge in [0.05, 0.1) is 18.7 Å². The summed E-state index contributed by atoms with van der Waals surface area (Å²) < 4.78 is 26.1. The molecule has 6 nitrogen and oxygen atoms in total. The molecule has 8 heteroatoms. The summed E-state index contributed by atoms with van der Waals surface area (Å²) in [6.45, 7) is 4.23. The minimum absolute atomic E-state index is 0.0885. The van der Waals surface area contributed by atoms with E-state index in [-0.39, 0.29) is 18.3 Å². The molecular weight excluding hydrogens is 318 g/mol. The van der Waals surface area contributed by atoms with Crippen molar-refractivity contribution < 1.29 is 18.7 Å². The summed E-state index contributed by atoms with van der Waals surface area (Å²) in [5, 5.41) is 12.8. The number of likely N-dealkylation sites (N-methyl/N-ethyl adjacent to an activating group) is 1. The van der Waals surface area contributed by atoms with Crippen LogP contribution in [0.4, 0.5) is 19.3 Å². The SMILES string of the molecule is CN1CCN([C@H]2CN(C(=O)Nc3ccc(F)c(F)c3)C[C@@H]2O)CC1. The number of likely N-dealkylation sites (tertiary alicyclic amines) is 1. The number of halogens is 2. The monoisotopic (exact) mass is 340 g/mol. The van der Waals surface area contributed by atoms with Crippen molar-refractivity contribution >= 4 is 11.7 Å². The number of aliphatic hydroxyl groups is 1. The maximum atomic E-state index is 13.2. The standard InChI is InChI=1S/C16H22F2N4O2/c1-20-4-6-21(7-5-20)14-9-22(10-15(14)23)16(24)19-11-2-3-12(17)13(18)8-11/h2-3,8,14-15,23H,4-7,9-10H2,1H3,(H,19,24)/t14-,15-/m0/s1. The van der Waals surface area contributed by atoms with Crippen molar-refractivity contribution in [1.82, 2.24) is 14.7 Å². The third-order valence-electron chi connectivity index (χ3n) is 4.72. The first kappa shape index (κ1) is 17.1. The summed E-state index contributed by atoms with van der Waals surface area (Å²) in [4.78, 5) is 18.2. The molecule has 2 saturated heterocycles. The molecule has 2 atom stereocenters. The first-order valence-corrected chi connectivity index (χ1v) is 8.05. The van der Waals surface area contributed by atoms with E-state index in [2.05, 4.69) is 22.2 Å². The number of nitrogens with one attached hydrogen (secondary N) is 1. The van der Waals surface area contributed by atoms with Crippen LogP contribution in [-0.2, 0) is 0 Å². The third kappa shape index (κ3) is 3.66. The van der Waals surface area contributed by atoms with Gasteiger partial charge in [0.1, 0.15) is 0 Å². The number of urea groups is 1. The Labute approximate surface area is 139 Å². The van der Waals surface area contributed by atoms with Crippen LogP contribution in [0.15, 0.2) is 18.2 Å². The fraction of sp³-hybridized carbons (Fsp3) is 0.562. The van der Waals surface area contributed by atoms with Crippen LogP contribution >= 0.6 is 0 Å². The fourth-order valence-electron chi connectivity index (χ4n) is 3.22. The number of β-amino-alcohol motifs (C(OH)–C–C–N with tert-alkyl or cyclic N) is 1. The average molecular weight is 340 g/mol. The molecule has 2 heterocycles. The Hall–Kier alpha value is -1.77. The number of hydrogen-bond donors (Lipinski definition) is 2. The lowest BCUT2D eigenvalue weighted by Gasteiger charge is -2.37. The van der Waals surface area contributed by atoms with Crippen molar-refractivity contribution in [2.75, 3.05) is 51.6 Å². The normalized spacial score (nSPS) is 25.9. The molecule has 0 spiro atoms. The van der Waals surface area contributed by atoms with Crippen LogP contribution in [-0.4, -0.2) is 84.3 Å². The molecule has 24 heavy (non-hydrogen) atoms. The van der Waals surface area contributed by atoms with E-state index in [0.717, 1.165) is 38.3 Å². The molecular formula is C16H22F2N4O2. The average Bonchev–Trinajstić information content (AvgIpc) is 2.94. The van der Waals surface area contributed by atoms with Crippen molar-refractivity contribution in [3.63, 3.8) is 0 Å². The van der Waals surface area contributed by atoms with E-state index in [0.29, 0.717) is 6.54 Å². The van der Waals surface area contributed by atoms with Crippen LogP contribution in [0, 0.1) is 11.6 Å². The maximum absolute atomic E-state index is 13.2. The van der Waals surface area contributed by atoms with E-state index in [1.54, 1.807) is 0 Å². The lowest BCUT2D eigenvalue weighted by atomic mass is 10.1. The first-order valence-electron chi connectivity index (χ1n) is 8.05. The van der Waals surface area contributed by atoms with Gasteiger partial charge in [-0.25, -0.2) is 13.6 Å². The molecule has 2 amide bonds. The highest BCUT2D eigenvalue weighted by molar-refractivity contribution is 5.89. The van der Waals surface area contributed by atoms with Crippen molar-refractivity contribution in [2.45, 2.75) is 12.1 Å². The molecule has 1 aromatic carbocycles. The van der Waals surface area contributed by atoms with Gasteiger partial charge in [0.2, 0.25) is 0 Å². The Balaban J connectivity index is 1.59. The van der Waals surface area contributed by atoms with Gasteiger partial charge in [0.15, 0.2) is 11.6 Å². The number of piperazine rings is 1. The molecule has 0 unspecified atom stereocenters. The highest BCUT2D eigenvalue weighted by atomic mass is 19.2. The largest absolute Gasteiger partial charge is 0.390 e. The number of benzene rings is 1. The zero-order chi connectivity index (χ0) is 17.3. The molecule has 0 aliphatic carbocycles. The lowest BCUT2D eigenvalue weighted by molar-refractivity contribution is 0.0512. The molecule has 1 aromatic rings. The zero-order valence-corrected chi connectivity index (χ0v) is 13.6. The van der Waals surface area contributed by atoms with Crippen LogP contribution < -0.4 is 5.32 Å². The van der Waals surface area contributed by atoms with Crippen LogP contribution in [0.3, 0.4) is 0 Å². The van der Waals surface area contributed by atoms with Gasteiger partial charge in [-0.3, -0.25) is 4.90 Å². The topological polar surface area (TPSA) is 59.0 Å². The molecule has 2 aliphatic heterocycles. The Kier molecular flexibility index (Phi) is 4.98. The number of anilines is 1. The minimum Gasteiger partial charge on any atom is -0.390 e. The predicted molar refractivity (Wildman–Crippen MR) is 85.8 cm³/mol. The lowest BCUT2D eigenvalue weighted by Crippen LogP contribution is -2.52. The number of carbonyl (C=O) groups excluding carboxylic acids is 1. The predicted octanol–water partition coefficient (Wildman–Crippen LogP) is 0.789. The van der Waals surface area contributed by atoms with Crippen molar-refractivity contribution in [2.24, 2.45) is 0 Å². The van der Waals surface area contributed by atoms with Crippen LogP contribution in [0.5, 0.6) is 0 Å². The third-order valence-corrected chi connectivity index (χ3v) is 4.72. The van der Waals surface area contributed by atoms with E-state index in [9.17, 15) is 18.7 Å². The molecule has 0 saturated carbocycles. The van der Waals surface area contributed by atoms with Gasteiger partial charge in [-0.15, -0.1) is 0 Å². The summed E-state index contributed by atoms with van der Waals surface area (Å²) >= 11 is 0. The van der Waals surface area contributed by atoms with Gasteiger partial charge in [-0.1, -0.05) is 0 Å². The number of amides is 2. The molecule has 2 N–H and O–H groups in total. The number of nitrogens with zero attached hydrogens (tertiary/aromatic N) is 3. The number of hydrogen-bond acceptors (Lipinski definition) is 4.